The Hall–Kier alpha value is -1.85. The third-order valence-electron chi connectivity index (χ3n) is 3.31. The van der Waals surface area contributed by atoms with E-state index in [0.717, 1.165) is 38.6 Å². The van der Waals surface area contributed by atoms with E-state index in [2.05, 4.69) is 29.5 Å². The van der Waals surface area contributed by atoms with Gasteiger partial charge in [-0.1, -0.05) is 33.1 Å². The first-order valence-electron chi connectivity index (χ1n) is 7.78. The number of unbranched alkanes of at least 4 members (excludes halogenated alkanes) is 1. The van der Waals surface area contributed by atoms with E-state index in [1.54, 1.807) is 6.07 Å². The van der Waals surface area contributed by atoms with Crippen LogP contribution in [0.1, 0.15) is 52.9 Å². The minimum absolute atomic E-state index is 0.0363. The molecule has 0 spiro atoms. The molecule has 1 heterocycles. The highest BCUT2D eigenvalue weighted by Gasteiger charge is 2.19. The molecule has 0 bridgehead atoms. The molecule has 0 aliphatic carbocycles. The molecule has 0 aromatic carbocycles. The normalized spacial score (nSPS) is 12.0. The Kier molecular flexibility index (Phi) is 7.50. The average molecular weight is 294 g/mol. The predicted molar refractivity (Wildman–Crippen MR) is 86.9 cm³/mol. The van der Waals surface area contributed by atoms with E-state index in [0.29, 0.717) is 11.6 Å². The van der Waals surface area contributed by atoms with Crippen LogP contribution in [0.3, 0.4) is 0 Å². The van der Waals surface area contributed by atoms with E-state index in [1.807, 2.05) is 6.92 Å². The van der Waals surface area contributed by atoms with Crippen molar-refractivity contribution in [3.05, 3.63) is 22.2 Å². The molecule has 118 valence electrons. The second-order valence-corrected chi connectivity index (χ2v) is 5.12. The Morgan fingerprint density at radius 3 is 2.57 bits per heavy atom. The second-order valence-electron chi connectivity index (χ2n) is 5.12. The maximum atomic E-state index is 11.1. The van der Waals surface area contributed by atoms with E-state index < -0.39 is 0 Å². The number of nitro groups is 1. The van der Waals surface area contributed by atoms with Crippen LogP contribution in [0.5, 0.6) is 0 Å². The van der Waals surface area contributed by atoms with E-state index in [1.165, 1.54) is 6.07 Å². The van der Waals surface area contributed by atoms with Gasteiger partial charge in [0, 0.05) is 18.7 Å². The molecule has 1 unspecified atom stereocenters. The Morgan fingerprint density at radius 2 is 2.00 bits per heavy atom. The third-order valence-corrected chi connectivity index (χ3v) is 3.31. The number of anilines is 2. The van der Waals surface area contributed by atoms with E-state index in [9.17, 15) is 10.1 Å². The van der Waals surface area contributed by atoms with Gasteiger partial charge >= 0.3 is 5.69 Å². The summed E-state index contributed by atoms with van der Waals surface area (Å²) in [6, 6.07) is 3.39. The fourth-order valence-corrected chi connectivity index (χ4v) is 2.27. The van der Waals surface area contributed by atoms with Gasteiger partial charge in [0.15, 0.2) is 0 Å². The maximum Gasteiger partial charge on any atom is 0.311 e. The second kappa shape index (κ2) is 9.15. The molecule has 2 N–H and O–H groups in total. The van der Waals surface area contributed by atoms with Gasteiger partial charge in [0.05, 0.1) is 4.92 Å². The van der Waals surface area contributed by atoms with Gasteiger partial charge in [-0.15, -0.1) is 0 Å². The van der Waals surface area contributed by atoms with Gasteiger partial charge in [-0.25, -0.2) is 4.98 Å². The first-order valence-corrected chi connectivity index (χ1v) is 7.78. The topological polar surface area (TPSA) is 80.1 Å². The fourth-order valence-electron chi connectivity index (χ4n) is 2.27. The lowest BCUT2D eigenvalue weighted by atomic mass is 10.1. The van der Waals surface area contributed by atoms with Crippen molar-refractivity contribution in [1.29, 1.82) is 0 Å². The number of nitrogens with one attached hydrogen (secondary N) is 2. The zero-order chi connectivity index (χ0) is 15.7. The Labute approximate surface area is 126 Å². The zero-order valence-corrected chi connectivity index (χ0v) is 13.2. The largest absolute Gasteiger partial charge is 0.370 e. The lowest BCUT2D eigenvalue weighted by molar-refractivity contribution is -0.384. The summed E-state index contributed by atoms with van der Waals surface area (Å²) in [6.45, 7) is 6.98. The molecule has 1 rings (SSSR count). The summed E-state index contributed by atoms with van der Waals surface area (Å²) in [5.74, 6) is 1.03. The smallest absolute Gasteiger partial charge is 0.311 e. The Bertz CT molecular complexity index is 451. The van der Waals surface area contributed by atoms with Gasteiger partial charge < -0.3 is 10.6 Å². The van der Waals surface area contributed by atoms with Crippen LogP contribution in [-0.4, -0.2) is 22.5 Å². The zero-order valence-electron chi connectivity index (χ0n) is 13.2. The minimum Gasteiger partial charge on any atom is -0.370 e. The number of hydrogen-bond donors (Lipinski definition) is 2. The molecule has 1 aromatic rings. The molecule has 0 radical (unpaired) electrons. The van der Waals surface area contributed by atoms with Crippen molar-refractivity contribution in [1.82, 2.24) is 4.98 Å². The van der Waals surface area contributed by atoms with Crippen molar-refractivity contribution in [3.63, 3.8) is 0 Å². The first-order chi connectivity index (χ1) is 10.1. The summed E-state index contributed by atoms with van der Waals surface area (Å²) in [4.78, 5) is 15.1. The minimum atomic E-state index is -0.381. The van der Waals surface area contributed by atoms with Crippen molar-refractivity contribution in [2.45, 2.75) is 58.9 Å². The van der Waals surface area contributed by atoms with E-state index in [4.69, 9.17) is 0 Å². The molecule has 6 nitrogen and oxygen atoms in total. The van der Waals surface area contributed by atoms with Crippen LogP contribution in [0.15, 0.2) is 12.1 Å². The Balaban J connectivity index is 2.94. The lowest BCUT2D eigenvalue weighted by Gasteiger charge is -2.19. The van der Waals surface area contributed by atoms with Crippen LogP contribution < -0.4 is 10.6 Å². The molecule has 0 aliphatic rings. The van der Waals surface area contributed by atoms with Gasteiger partial charge in [-0.2, -0.15) is 0 Å². The lowest BCUT2D eigenvalue weighted by Crippen LogP contribution is -2.21. The van der Waals surface area contributed by atoms with Crippen LogP contribution in [0.4, 0.5) is 17.3 Å². The monoisotopic (exact) mass is 294 g/mol. The summed E-state index contributed by atoms with van der Waals surface area (Å²) in [5.41, 5.74) is 0.0363. The van der Waals surface area contributed by atoms with Crippen molar-refractivity contribution >= 4 is 17.3 Å². The van der Waals surface area contributed by atoms with Crippen LogP contribution in [0, 0.1) is 10.1 Å². The van der Waals surface area contributed by atoms with Gasteiger partial charge in [0.1, 0.15) is 5.82 Å². The molecule has 0 aliphatic heterocycles. The molecular weight excluding hydrogens is 268 g/mol. The number of rotatable bonds is 10. The first kappa shape index (κ1) is 17.2. The highest BCUT2D eigenvalue weighted by Crippen LogP contribution is 2.26. The summed E-state index contributed by atoms with van der Waals surface area (Å²) in [6.07, 6.45) is 5.27. The maximum absolute atomic E-state index is 11.1. The summed E-state index contributed by atoms with van der Waals surface area (Å²) < 4.78 is 0. The van der Waals surface area contributed by atoms with Crippen LogP contribution in [-0.2, 0) is 0 Å². The number of pyridine rings is 1. The molecule has 6 heteroatoms. The van der Waals surface area contributed by atoms with Crippen LogP contribution >= 0.6 is 0 Å². The quantitative estimate of drug-likeness (QED) is 0.499. The van der Waals surface area contributed by atoms with Gasteiger partial charge in [-0.3, -0.25) is 10.1 Å². The van der Waals surface area contributed by atoms with Crippen molar-refractivity contribution in [2.24, 2.45) is 0 Å². The summed E-state index contributed by atoms with van der Waals surface area (Å²) in [7, 11) is 0. The average Bonchev–Trinajstić information content (AvgIpc) is 2.45. The van der Waals surface area contributed by atoms with Crippen molar-refractivity contribution in [2.75, 3.05) is 17.2 Å². The summed E-state index contributed by atoms with van der Waals surface area (Å²) in [5, 5.41) is 17.5. The van der Waals surface area contributed by atoms with E-state index in [-0.39, 0.29) is 16.7 Å². The van der Waals surface area contributed by atoms with Crippen LogP contribution in [0.25, 0.3) is 0 Å². The number of aromatic nitrogens is 1. The van der Waals surface area contributed by atoms with Crippen molar-refractivity contribution in [3.8, 4) is 0 Å². The van der Waals surface area contributed by atoms with E-state index >= 15 is 0 Å². The standard InChI is InChI=1S/C15H26N4O2/c1-4-7-9-12(8-5-2)17-15-13(19(20)21)10-11-14(18-15)16-6-3/h10-12H,4-9H2,1-3H3,(H2,16,17,18). The molecule has 0 saturated heterocycles. The highest BCUT2D eigenvalue weighted by atomic mass is 16.6. The SMILES string of the molecule is CCCCC(CCC)Nc1nc(NCC)ccc1[N+](=O)[O-]. The number of nitrogens with zero attached hydrogens (tertiary/aromatic N) is 2. The van der Waals surface area contributed by atoms with Gasteiger partial charge in [0.25, 0.3) is 0 Å². The van der Waals surface area contributed by atoms with Crippen molar-refractivity contribution < 1.29 is 4.92 Å². The fraction of sp³-hybridized carbons (Fsp3) is 0.667. The molecular formula is C15H26N4O2. The molecule has 21 heavy (non-hydrogen) atoms. The van der Waals surface area contributed by atoms with Gasteiger partial charge in [0.2, 0.25) is 5.82 Å². The molecule has 0 amide bonds. The number of hydrogen-bond acceptors (Lipinski definition) is 5. The van der Waals surface area contributed by atoms with Gasteiger partial charge in [-0.05, 0) is 25.8 Å². The predicted octanol–water partition coefficient (Wildman–Crippen LogP) is 4.19. The Morgan fingerprint density at radius 1 is 1.24 bits per heavy atom. The highest BCUT2D eigenvalue weighted by molar-refractivity contribution is 5.60. The van der Waals surface area contributed by atoms with Crippen LogP contribution in [0.2, 0.25) is 0 Å². The molecule has 0 saturated carbocycles. The molecule has 1 aromatic heterocycles. The summed E-state index contributed by atoms with van der Waals surface area (Å²) >= 11 is 0. The molecule has 1 atom stereocenters. The third kappa shape index (κ3) is 5.57. The molecule has 0 fully saturated rings.